The third-order valence-corrected chi connectivity index (χ3v) is 5.17. The molecule has 0 atom stereocenters. The van der Waals surface area contributed by atoms with E-state index >= 15 is 0 Å². The van der Waals surface area contributed by atoms with E-state index in [2.05, 4.69) is 10.3 Å². The number of pyridine rings is 1. The van der Waals surface area contributed by atoms with Crippen molar-refractivity contribution in [3.63, 3.8) is 0 Å². The van der Waals surface area contributed by atoms with Gasteiger partial charge in [-0.25, -0.2) is 0 Å². The van der Waals surface area contributed by atoms with Crippen molar-refractivity contribution in [1.29, 1.82) is 0 Å². The lowest BCUT2D eigenvalue weighted by atomic mass is 10.2. The number of nitrogens with zero attached hydrogens (tertiary/aromatic N) is 1. The van der Waals surface area contributed by atoms with E-state index < -0.39 is 0 Å². The fraction of sp³-hybridized carbons (Fsp3) is 0.190. The lowest BCUT2D eigenvalue weighted by molar-refractivity contribution is 0.284. The summed E-state index contributed by atoms with van der Waals surface area (Å²) in [5.41, 5.74) is 2.57. The molecule has 0 fully saturated rings. The number of halogens is 3. The van der Waals surface area contributed by atoms with Gasteiger partial charge in [0.1, 0.15) is 6.61 Å². The molecule has 4 nitrogen and oxygen atoms in total. The number of hydrogen-bond acceptors (Lipinski definition) is 4. The Morgan fingerprint density at radius 1 is 0.893 bits per heavy atom. The van der Waals surface area contributed by atoms with Gasteiger partial charge in [0, 0.05) is 46.0 Å². The molecule has 0 aliphatic carbocycles. The zero-order valence-electron chi connectivity index (χ0n) is 15.2. The zero-order chi connectivity index (χ0) is 19.9. The highest BCUT2D eigenvalue weighted by molar-refractivity contribution is 6.36. The van der Waals surface area contributed by atoms with Crippen molar-refractivity contribution in [2.24, 2.45) is 0 Å². The Morgan fingerprint density at radius 2 is 1.68 bits per heavy atom. The van der Waals surface area contributed by atoms with Crippen LogP contribution in [0.25, 0.3) is 0 Å². The first-order valence-electron chi connectivity index (χ1n) is 8.61. The summed E-state index contributed by atoms with van der Waals surface area (Å²) in [5, 5.41) is 5.00. The summed E-state index contributed by atoms with van der Waals surface area (Å²) in [4.78, 5) is 4.29. The number of methoxy groups -OCH3 is 1. The van der Waals surface area contributed by atoms with Crippen molar-refractivity contribution < 1.29 is 9.47 Å². The van der Waals surface area contributed by atoms with Gasteiger partial charge < -0.3 is 14.8 Å². The first kappa shape index (κ1) is 20.7. The average Bonchev–Trinajstić information content (AvgIpc) is 2.70. The molecule has 3 rings (SSSR count). The van der Waals surface area contributed by atoms with Crippen LogP contribution in [0.3, 0.4) is 0 Å². The summed E-state index contributed by atoms with van der Waals surface area (Å²) in [6.07, 6.45) is 1.77. The Kier molecular flexibility index (Phi) is 7.40. The fourth-order valence-corrected chi connectivity index (χ4v) is 3.36. The standard InChI is InChI=1S/C21H19Cl3N2O2/c1-27-20-9-14(11-25-12-15-5-2-3-8-26-15)19(24)10-21(20)28-13-16-17(22)6-4-7-18(16)23/h2-10,25H,11-13H2,1H3. The maximum Gasteiger partial charge on any atom is 0.163 e. The Bertz CT molecular complexity index is 916. The number of aromatic nitrogens is 1. The smallest absolute Gasteiger partial charge is 0.163 e. The summed E-state index contributed by atoms with van der Waals surface area (Å²) >= 11 is 18.8. The highest BCUT2D eigenvalue weighted by Gasteiger charge is 2.13. The Balaban J connectivity index is 1.68. The zero-order valence-corrected chi connectivity index (χ0v) is 17.5. The van der Waals surface area contributed by atoms with E-state index in [0.29, 0.717) is 45.2 Å². The van der Waals surface area contributed by atoms with Crippen LogP contribution < -0.4 is 14.8 Å². The monoisotopic (exact) mass is 436 g/mol. The quantitative estimate of drug-likeness (QED) is 0.475. The Morgan fingerprint density at radius 3 is 2.36 bits per heavy atom. The van der Waals surface area contributed by atoms with Gasteiger partial charge in [-0.1, -0.05) is 46.9 Å². The molecule has 0 unspecified atom stereocenters. The van der Waals surface area contributed by atoms with Crippen LogP contribution in [-0.4, -0.2) is 12.1 Å². The molecule has 0 saturated carbocycles. The minimum Gasteiger partial charge on any atom is -0.493 e. The second kappa shape index (κ2) is 9.99. The highest BCUT2D eigenvalue weighted by Crippen LogP contribution is 2.35. The van der Waals surface area contributed by atoms with Gasteiger partial charge in [-0.05, 0) is 35.9 Å². The van der Waals surface area contributed by atoms with E-state index in [1.54, 1.807) is 37.6 Å². The average molecular weight is 438 g/mol. The van der Waals surface area contributed by atoms with E-state index in [0.717, 1.165) is 11.3 Å². The van der Waals surface area contributed by atoms with Crippen molar-refractivity contribution in [2.45, 2.75) is 19.7 Å². The number of benzene rings is 2. The predicted molar refractivity (Wildman–Crippen MR) is 114 cm³/mol. The molecule has 0 aliphatic heterocycles. The number of nitrogens with one attached hydrogen (secondary N) is 1. The summed E-state index contributed by atoms with van der Waals surface area (Å²) in [5.74, 6) is 1.11. The van der Waals surface area contributed by atoms with Crippen LogP contribution in [-0.2, 0) is 19.7 Å². The van der Waals surface area contributed by atoms with E-state index in [4.69, 9.17) is 44.3 Å². The predicted octanol–water partition coefficient (Wildman–Crippen LogP) is 5.92. The minimum atomic E-state index is 0.211. The van der Waals surface area contributed by atoms with E-state index in [-0.39, 0.29) is 6.61 Å². The van der Waals surface area contributed by atoms with Gasteiger partial charge in [0.05, 0.1) is 12.8 Å². The molecule has 7 heteroatoms. The molecule has 0 bridgehead atoms. The Hall–Kier alpha value is -1.98. The summed E-state index contributed by atoms with van der Waals surface area (Å²) in [6, 6.07) is 14.7. The van der Waals surface area contributed by atoms with Crippen molar-refractivity contribution >= 4 is 34.8 Å². The summed E-state index contributed by atoms with van der Waals surface area (Å²) < 4.78 is 11.3. The maximum atomic E-state index is 6.44. The summed E-state index contributed by atoms with van der Waals surface area (Å²) in [6.45, 7) is 1.42. The van der Waals surface area contributed by atoms with Crippen LogP contribution in [0.1, 0.15) is 16.8 Å². The number of hydrogen-bond donors (Lipinski definition) is 1. The lowest BCUT2D eigenvalue weighted by Gasteiger charge is -2.15. The molecular weight excluding hydrogens is 419 g/mol. The van der Waals surface area contributed by atoms with Crippen LogP contribution in [0.5, 0.6) is 11.5 Å². The molecule has 1 aromatic heterocycles. The largest absolute Gasteiger partial charge is 0.493 e. The topological polar surface area (TPSA) is 43.4 Å². The molecule has 0 aliphatic rings. The van der Waals surface area contributed by atoms with Gasteiger partial charge in [-0.15, -0.1) is 0 Å². The summed E-state index contributed by atoms with van der Waals surface area (Å²) in [7, 11) is 1.59. The van der Waals surface area contributed by atoms with Crippen molar-refractivity contribution in [3.8, 4) is 11.5 Å². The van der Waals surface area contributed by atoms with Crippen molar-refractivity contribution in [3.05, 3.63) is 86.6 Å². The van der Waals surface area contributed by atoms with Gasteiger partial charge in [0.2, 0.25) is 0 Å². The molecule has 146 valence electrons. The fourth-order valence-electron chi connectivity index (χ4n) is 2.63. The molecule has 0 amide bonds. The first-order valence-corrected chi connectivity index (χ1v) is 9.74. The second-order valence-corrected chi connectivity index (χ2v) is 7.23. The number of rotatable bonds is 8. The molecule has 1 heterocycles. The van der Waals surface area contributed by atoms with Gasteiger partial charge in [-0.3, -0.25) is 4.98 Å². The van der Waals surface area contributed by atoms with Crippen LogP contribution in [0, 0.1) is 0 Å². The molecular formula is C21H19Cl3N2O2. The molecule has 1 N–H and O–H groups in total. The van der Waals surface area contributed by atoms with Crippen LogP contribution >= 0.6 is 34.8 Å². The molecule has 0 radical (unpaired) electrons. The molecule has 0 saturated heterocycles. The minimum absolute atomic E-state index is 0.211. The normalized spacial score (nSPS) is 10.7. The van der Waals surface area contributed by atoms with E-state index in [9.17, 15) is 0 Å². The van der Waals surface area contributed by atoms with Crippen LogP contribution in [0.4, 0.5) is 0 Å². The SMILES string of the molecule is COc1cc(CNCc2ccccn2)c(Cl)cc1OCc1c(Cl)cccc1Cl. The second-order valence-electron chi connectivity index (χ2n) is 6.01. The highest BCUT2D eigenvalue weighted by atomic mass is 35.5. The van der Waals surface area contributed by atoms with E-state index in [1.807, 2.05) is 24.3 Å². The molecule has 3 aromatic rings. The van der Waals surface area contributed by atoms with Gasteiger partial charge in [-0.2, -0.15) is 0 Å². The van der Waals surface area contributed by atoms with Gasteiger partial charge in [0.15, 0.2) is 11.5 Å². The Labute approximate surface area is 179 Å². The third kappa shape index (κ3) is 5.30. The lowest BCUT2D eigenvalue weighted by Crippen LogP contribution is -2.14. The van der Waals surface area contributed by atoms with Crippen molar-refractivity contribution in [2.75, 3.05) is 7.11 Å². The maximum absolute atomic E-state index is 6.44. The molecule has 0 spiro atoms. The van der Waals surface area contributed by atoms with Gasteiger partial charge in [0.25, 0.3) is 0 Å². The van der Waals surface area contributed by atoms with Crippen LogP contribution in [0.2, 0.25) is 15.1 Å². The third-order valence-electron chi connectivity index (χ3n) is 4.11. The first-order chi connectivity index (χ1) is 13.6. The number of ether oxygens (including phenoxy) is 2. The molecule has 28 heavy (non-hydrogen) atoms. The van der Waals surface area contributed by atoms with Crippen molar-refractivity contribution in [1.82, 2.24) is 10.3 Å². The van der Waals surface area contributed by atoms with Crippen LogP contribution in [0.15, 0.2) is 54.7 Å². The van der Waals surface area contributed by atoms with E-state index in [1.165, 1.54) is 0 Å². The van der Waals surface area contributed by atoms with Gasteiger partial charge >= 0.3 is 0 Å². The molecule has 2 aromatic carbocycles.